The molecule has 6 nitrogen and oxygen atoms in total. The number of carbonyl (C=O) groups excluding carboxylic acids is 1. The Bertz CT molecular complexity index is 577. The van der Waals surface area contributed by atoms with Gasteiger partial charge in [0.2, 0.25) is 0 Å². The number of hydrogen-bond acceptors (Lipinski definition) is 3. The number of hydrogen-bond donors (Lipinski definition) is 2. The predicted octanol–water partition coefficient (Wildman–Crippen LogP) is 2.16. The number of benzene rings is 1. The summed E-state index contributed by atoms with van der Waals surface area (Å²) in [6.45, 7) is 1.90. The molecule has 1 aliphatic heterocycles. The van der Waals surface area contributed by atoms with Gasteiger partial charge in [-0.3, -0.25) is 5.10 Å². The van der Waals surface area contributed by atoms with E-state index >= 15 is 0 Å². The van der Waals surface area contributed by atoms with Crippen molar-refractivity contribution in [3.63, 3.8) is 0 Å². The number of piperidine rings is 1. The Morgan fingerprint density at radius 3 is 2.73 bits per heavy atom. The summed E-state index contributed by atoms with van der Waals surface area (Å²) in [5, 5.41) is 9.58. The normalized spacial score (nSPS) is 15.5. The number of para-hydroxylation sites is 1. The van der Waals surface area contributed by atoms with E-state index in [-0.39, 0.29) is 12.1 Å². The van der Waals surface area contributed by atoms with E-state index in [1.807, 2.05) is 41.3 Å². The van der Waals surface area contributed by atoms with Crippen LogP contribution < -0.4 is 10.1 Å². The molecule has 1 fully saturated rings. The zero-order chi connectivity index (χ0) is 15.2. The van der Waals surface area contributed by atoms with Gasteiger partial charge in [0.15, 0.2) is 0 Å². The van der Waals surface area contributed by atoms with Crippen molar-refractivity contribution in [1.82, 2.24) is 20.4 Å². The van der Waals surface area contributed by atoms with Crippen molar-refractivity contribution in [3.8, 4) is 5.75 Å². The molecule has 1 aliphatic rings. The molecule has 0 radical (unpaired) electrons. The van der Waals surface area contributed by atoms with Crippen molar-refractivity contribution >= 4 is 6.03 Å². The first-order valence-electron chi connectivity index (χ1n) is 7.54. The average Bonchev–Trinajstić information content (AvgIpc) is 3.08. The molecule has 2 N–H and O–H groups in total. The zero-order valence-electron chi connectivity index (χ0n) is 12.4. The molecule has 0 saturated carbocycles. The predicted molar refractivity (Wildman–Crippen MR) is 82.5 cm³/mol. The lowest BCUT2D eigenvalue weighted by atomic mass is 10.1. The van der Waals surface area contributed by atoms with E-state index in [1.54, 1.807) is 6.20 Å². The SMILES string of the molecule is O=C(NCc1ccn[nH]1)N1CCC(Oc2ccccc2)CC1. The van der Waals surface area contributed by atoms with Gasteiger partial charge in [-0.2, -0.15) is 5.10 Å². The maximum atomic E-state index is 12.1. The van der Waals surface area contributed by atoms with Crippen molar-refractivity contribution in [3.05, 3.63) is 48.3 Å². The third-order valence-corrected chi connectivity index (χ3v) is 3.76. The number of rotatable bonds is 4. The van der Waals surface area contributed by atoms with E-state index in [4.69, 9.17) is 4.74 Å². The Morgan fingerprint density at radius 2 is 2.05 bits per heavy atom. The van der Waals surface area contributed by atoms with Crippen LogP contribution in [0.3, 0.4) is 0 Å². The minimum absolute atomic E-state index is 0.0345. The fourth-order valence-electron chi connectivity index (χ4n) is 2.53. The van der Waals surface area contributed by atoms with Crippen molar-refractivity contribution in [2.45, 2.75) is 25.5 Å². The first-order chi connectivity index (χ1) is 10.8. The van der Waals surface area contributed by atoms with Crippen molar-refractivity contribution in [1.29, 1.82) is 0 Å². The molecule has 2 amide bonds. The first-order valence-corrected chi connectivity index (χ1v) is 7.54. The van der Waals surface area contributed by atoms with Gasteiger partial charge in [-0.1, -0.05) is 18.2 Å². The largest absolute Gasteiger partial charge is 0.490 e. The maximum absolute atomic E-state index is 12.1. The van der Waals surface area contributed by atoms with Crippen molar-refractivity contribution in [2.24, 2.45) is 0 Å². The first kappa shape index (κ1) is 14.4. The molecule has 22 heavy (non-hydrogen) atoms. The molecule has 2 aromatic rings. The van der Waals surface area contributed by atoms with Gasteiger partial charge < -0.3 is 15.0 Å². The average molecular weight is 300 g/mol. The second-order valence-electron chi connectivity index (χ2n) is 5.36. The Labute approximate surface area is 129 Å². The summed E-state index contributed by atoms with van der Waals surface area (Å²) in [5.74, 6) is 0.893. The molecular formula is C16H20N4O2. The molecule has 3 rings (SSSR count). The molecule has 0 atom stereocenters. The van der Waals surface area contributed by atoms with E-state index in [0.717, 1.165) is 24.3 Å². The van der Waals surface area contributed by atoms with Crippen LogP contribution in [0.5, 0.6) is 5.75 Å². The highest BCUT2D eigenvalue weighted by Gasteiger charge is 2.23. The number of carbonyl (C=O) groups is 1. The summed E-state index contributed by atoms with van der Waals surface area (Å²) in [6.07, 6.45) is 3.56. The van der Waals surface area contributed by atoms with Crippen LogP contribution in [-0.2, 0) is 6.54 Å². The molecule has 116 valence electrons. The number of nitrogens with one attached hydrogen (secondary N) is 2. The Morgan fingerprint density at radius 1 is 1.27 bits per heavy atom. The quantitative estimate of drug-likeness (QED) is 0.909. The standard InChI is InChI=1S/C16H20N4O2/c21-16(17-12-13-6-9-18-19-13)20-10-7-15(8-11-20)22-14-4-2-1-3-5-14/h1-6,9,15H,7-8,10-12H2,(H,17,21)(H,18,19). The van der Waals surface area contributed by atoms with Crippen LogP contribution in [0.25, 0.3) is 0 Å². The zero-order valence-corrected chi connectivity index (χ0v) is 12.4. The minimum atomic E-state index is -0.0345. The number of likely N-dealkylation sites (tertiary alicyclic amines) is 1. The van der Waals surface area contributed by atoms with Gasteiger partial charge in [-0.25, -0.2) is 4.79 Å². The molecule has 1 aromatic heterocycles. The maximum Gasteiger partial charge on any atom is 0.317 e. The van der Waals surface area contributed by atoms with E-state index < -0.39 is 0 Å². The van der Waals surface area contributed by atoms with Crippen molar-refractivity contribution < 1.29 is 9.53 Å². The molecule has 1 aromatic carbocycles. The van der Waals surface area contributed by atoms with Gasteiger partial charge >= 0.3 is 6.03 Å². The Balaban J connectivity index is 1.42. The number of aromatic nitrogens is 2. The Kier molecular flexibility index (Phi) is 4.58. The number of ether oxygens (including phenoxy) is 1. The highest BCUT2D eigenvalue weighted by molar-refractivity contribution is 5.74. The van der Waals surface area contributed by atoms with E-state index in [9.17, 15) is 4.79 Å². The molecule has 2 heterocycles. The van der Waals surface area contributed by atoms with Gasteiger partial charge in [0.25, 0.3) is 0 Å². The highest BCUT2D eigenvalue weighted by atomic mass is 16.5. The topological polar surface area (TPSA) is 70.2 Å². The molecular weight excluding hydrogens is 280 g/mol. The fourth-order valence-corrected chi connectivity index (χ4v) is 2.53. The lowest BCUT2D eigenvalue weighted by Crippen LogP contribution is -2.46. The monoisotopic (exact) mass is 300 g/mol. The van der Waals surface area contributed by atoms with Crippen LogP contribution >= 0.6 is 0 Å². The third kappa shape index (κ3) is 3.78. The number of urea groups is 1. The molecule has 0 unspecified atom stereocenters. The summed E-state index contributed by atoms with van der Waals surface area (Å²) in [4.78, 5) is 13.9. The molecule has 0 aliphatic carbocycles. The Hall–Kier alpha value is -2.50. The lowest BCUT2D eigenvalue weighted by Gasteiger charge is -2.32. The van der Waals surface area contributed by atoms with Crippen LogP contribution in [0.15, 0.2) is 42.6 Å². The summed E-state index contributed by atoms with van der Waals surface area (Å²) in [7, 11) is 0. The second kappa shape index (κ2) is 6.98. The smallest absolute Gasteiger partial charge is 0.317 e. The third-order valence-electron chi connectivity index (χ3n) is 3.76. The van der Waals surface area contributed by atoms with Gasteiger partial charge in [-0.15, -0.1) is 0 Å². The van der Waals surface area contributed by atoms with E-state index in [2.05, 4.69) is 15.5 Å². The summed E-state index contributed by atoms with van der Waals surface area (Å²) < 4.78 is 5.93. The number of amides is 2. The van der Waals surface area contributed by atoms with E-state index in [0.29, 0.717) is 19.6 Å². The minimum Gasteiger partial charge on any atom is -0.490 e. The number of aromatic amines is 1. The lowest BCUT2D eigenvalue weighted by molar-refractivity contribution is 0.111. The molecule has 1 saturated heterocycles. The summed E-state index contributed by atoms with van der Waals surface area (Å²) >= 11 is 0. The summed E-state index contributed by atoms with van der Waals surface area (Å²) in [5.41, 5.74) is 0.899. The van der Waals surface area contributed by atoms with Crippen LogP contribution in [0.4, 0.5) is 4.79 Å². The van der Waals surface area contributed by atoms with Gasteiger partial charge in [0.05, 0.1) is 12.2 Å². The van der Waals surface area contributed by atoms with Gasteiger partial charge in [-0.05, 0) is 18.2 Å². The van der Waals surface area contributed by atoms with Crippen LogP contribution in [-0.4, -0.2) is 40.3 Å². The summed E-state index contributed by atoms with van der Waals surface area (Å²) in [6, 6.07) is 11.6. The van der Waals surface area contributed by atoms with Crippen molar-refractivity contribution in [2.75, 3.05) is 13.1 Å². The fraction of sp³-hybridized carbons (Fsp3) is 0.375. The molecule has 6 heteroatoms. The number of H-pyrrole nitrogens is 1. The van der Waals surface area contributed by atoms with Gasteiger partial charge in [0.1, 0.15) is 11.9 Å². The highest BCUT2D eigenvalue weighted by Crippen LogP contribution is 2.18. The second-order valence-corrected chi connectivity index (χ2v) is 5.36. The van der Waals surface area contributed by atoms with Crippen LogP contribution in [0.1, 0.15) is 18.5 Å². The molecule has 0 bridgehead atoms. The van der Waals surface area contributed by atoms with Crippen LogP contribution in [0.2, 0.25) is 0 Å². The van der Waals surface area contributed by atoms with Crippen LogP contribution in [0, 0.1) is 0 Å². The number of nitrogens with zero attached hydrogens (tertiary/aromatic N) is 2. The van der Waals surface area contributed by atoms with E-state index in [1.165, 1.54) is 0 Å². The van der Waals surface area contributed by atoms with Gasteiger partial charge in [0, 0.05) is 32.1 Å². The molecule has 0 spiro atoms.